The summed E-state index contributed by atoms with van der Waals surface area (Å²) in [6, 6.07) is 0.331. The van der Waals surface area contributed by atoms with E-state index in [1.807, 2.05) is 0 Å². The van der Waals surface area contributed by atoms with Gasteiger partial charge in [-0.2, -0.15) is 13.9 Å². The van der Waals surface area contributed by atoms with Gasteiger partial charge in [0.1, 0.15) is 10.3 Å². The van der Waals surface area contributed by atoms with Crippen LogP contribution in [0.5, 0.6) is 0 Å². The first-order chi connectivity index (χ1) is 15.6. The second-order valence-electron chi connectivity index (χ2n) is 8.33. The number of carbonyl (C=O) groups excluding carboxylic acids is 1. The highest BCUT2D eigenvalue weighted by atomic mass is 79.9. The van der Waals surface area contributed by atoms with Crippen molar-refractivity contribution in [1.82, 2.24) is 25.0 Å². The molecule has 0 bridgehead atoms. The Kier molecular flexibility index (Phi) is 6.25. The maximum Gasteiger partial charge on any atom is 0.404 e. The van der Waals surface area contributed by atoms with E-state index in [9.17, 15) is 14.0 Å². The Morgan fingerprint density at radius 1 is 1.39 bits per heavy atom. The molecule has 178 valence electrons. The number of nitrogens with zero attached hydrogens (tertiary/aromatic N) is 4. The van der Waals surface area contributed by atoms with Crippen molar-refractivity contribution >= 4 is 33.7 Å². The van der Waals surface area contributed by atoms with Crippen molar-refractivity contribution < 1.29 is 27.9 Å². The fourth-order valence-electron chi connectivity index (χ4n) is 4.35. The number of urea groups is 1. The molecule has 13 heteroatoms. The lowest BCUT2D eigenvalue weighted by atomic mass is 9.95. The Labute approximate surface area is 195 Å². The maximum absolute atomic E-state index is 15.1. The van der Waals surface area contributed by atoms with Crippen molar-refractivity contribution in [2.24, 2.45) is 5.92 Å². The van der Waals surface area contributed by atoms with Crippen LogP contribution in [0.25, 0.3) is 0 Å². The van der Waals surface area contributed by atoms with E-state index in [1.165, 1.54) is 21.8 Å². The summed E-state index contributed by atoms with van der Waals surface area (Å²) in [6.45, 7) is 1.87. The van der Waals surface area contributed by atoms with E-state index in [2.05, 4.69) is 36.6 Å². The number of amides is 3. The van der Waals surface area contributed by atoms with Gasteiger partial charge in [-0.25, -0.2) is 19.0 Å². The number of pyridine rings is 1. The molecule has 0 saturated heterocycles. The Morgan fingerprint density at radius 3 is 2.88 bits per heavy atom. The monoisotopic (exact) mass is 530 g/mol. The van der Waals surface area contributed by atoms with Gasteiger partial charge in [0.15, 0.2) is 5.82 Å². The van der Waals surface area contributed by atoms with Gasteiger partial charge in [-0.1, -0.05) is 0 Å². The molecule has 0 saturated carbocycles. The Balaban J connectivity index is 1.60. The van der Waals surface area contributed by atoms with Gasteiger partial charge in [-0.05, 0) is 41.3 Å². The van der Waals surface area contributed by atoms with E-state index in [1.54, 1.807) is 6.92 Å². The van der Waals surface area contributed by atoms with Gasteiger partial charge in [0, 0.05) is 43.7 Å². The summed E-state index contributed by atoms with van der Waals surface area (Å²) in [5.74, 6) is -4.24. The number of carboxylic acid groups (broad SMARTS) is 1. The van der Waals surface area contributed by atoms with E-state index >= 15 is 8.78 Å². The Hall–Kier alpha value is -2.83. The molecule has 2 aliphatic rings. The number of rotatable bonds is 3. The van der Waals surface area contributed by atoms with Gasteiger partial charge in [-0.15, -0.1) is 0 Å². The van der Waals surface area contributed by atoms with Crippen LogP contribution in [0.4, 0.5) is 28.4 Å². The molecule has 33 heavy (non-hydrogen) atoms. The lowest BCUT2D eigenvalue weighted by Crippen LogP contribution is -2.45. The topological polar surface area (TPSA) is 112 Å². The van der Waals surface area contributed by atoms with E-state index in [-0.39, 0.29) is 66.0 Å². The zero-order chi connectivity index (χ0) is 23.9. The molecule has 0 spiro atoms. The minimum Gasteiger partial charge on any atom is -0.465 e. The fraction of sp³-hybridized carbons (Fsp3) is 0.500. The van der Waals surface area contributed by atoms with Crippen LogP contribution < -0.4 is 10.6 Å². The minimum atomic E-state index is -3.18. The third-order valence-corrected chi connectivity index (χ3v) is 6.57. The molecule has 2 aliphatic heterocycles. The van der Waals surface area contributed by atoms with Crippen molar-refractivity contribution in [2.75, 3.05) is 11.9 Å². The molecule has 1 unspecified atom stereocenters. The number of aromatic nitrogens is 3. The van der Waals surface area contributed by atoms with E-state index < -0.39 is 30.3 Å². The number of alkyl halides is 2. The largest absolute Gasteiger partial charge is 0.465 e. The van der Waals surface area contributed by atoms with E-state index in [0.717, 1.165) is 0 Å². The average Bonchev–Trinajstić information content (AvgIpc) is 3.03. The number of hydrogen-bond donors (Lipinski definition) is 3. The molecular weight excluding hydrogens is 509 g/mol. The first kappa shape index (κ1) is 23.3. The summed E-state index contributed by atoms with van der Waals surface area (Å²) >= 11 is 2.96. The van der Waals surface area contributed by atoms with Crippen LogP contribution in [0.1, 0.15) is 36.7 Å². The van der Waals surface area contributed by atoms with Crippen LogP contribution in [-0.4, -0.2) is 49.5 Å². The summed E-state index contributed by atoms with van der Waals surface area (Å²) in [5.41, 5.74) is 0.466. The lowest BCUT2D eigenvalue weighted by Gasteiger charge is -2.33. The molecule has 4 rings (SSSR count). The standard InChI is InChI=1S/C20H22BrF3N6O3/c1-10-6-14-12(9-29(10)18(31)27-13-3-5-25-17(21)15(13)22)16-20(23,24)4-2-11(7-26-19(32)33)8-30(16)28-14/h3,5,10-11,26H,2,4,6-9H2,1H3,(H,32,33)(H,25,27,31)/t10-,11?/m1/s1. The number of nitrogens with one attached hydrogen (secondary N) is 2. The van der Waals surface area contributed by atoms with Crippen LogP contribution in [0, 0.1) is 11.7 Å². The van der Waals surface area contributed by atoms with Gasteiger partial charge >= 0.3 is 12.1 Å². The molecule has 9 nitrogen and oxygen atoms in total. The number of anilines is 1. The summed E-state index contributed by atoms with van der Waals surface area (Å²) in [4.78, 5) is 28.8. The maximum atomic E-state index is 15.1. The first-order valence-electron chi connectivity index (χ1n) is 10.4. The lowest BCUT2D eigenvalue weighted by molar-refractivity contribution is -0.0219. The van der Waals surface area contributed by atoms with Gasteiger partial charge in [-0.3, -0.25) is 4.68 Å². The third kappa shape index (κ3) is 4.63. The van der Waals surface area contributed by atoms with E-state index in [0.29, 0.717) is 5.69 Å². The molecule has 3 amide bonds. The van der Waals surface area contributed by atoms with Gasteiger partial charge in [0.05, 0.1) is 17.9 Å². The molecule has 0 fully saturated rings. The third-order valence-electron chi connectivity index (χ3n) is 6.02. The van der Waals surface area contributed by atoms with Crippen molar-refractivity contribution in [2.45, 2.75) is 51.2 Å². The smallest absolute Gasteiger partial charge is 0.404 e. The Bertz CT molecular complexity index is 1100. The average molecular weight is 531 g/mol. The summed E-state index contributed by atoms with van der Waals surface area (Å²) in [6.07, 6.45) is 0.0598. The highest BCUT2D eigenvalue weighted by molar-refractivity contribution is 9.10. The van der Waals surface area contributed by atoms with E-state index in [4.69, 9.17) is 5.11 Å². The summed E-state index contributed by atoms with van der Waals surface area (Å²) in [5, 5.41) is 18.0. The van der Waals surface area contributed by atoms with Gasteiger partial charge in [0.2, 0.25) is 0 Å². The predicted octanol–water partition coefficient (Wildman–Crippen LogP) is 3.93. The molecular formula is C20H22BrF3N6O3. The van der Waals surface area contributed by atoms with Crippen LogP contribution in [0.3, 0.4) is 0 Å². The molecule has 3 N–H and O–H groups in total. The number of halogens is 4. The van der Waals surface area contributed by atoms with Crippen molar-refractivity contribution in [3.63, 3.8) is 0 Å². The van der Waals surface area contributed by atoms with Crippen LogP contribution in [-0.2, 0) is 25.4 Å². The quantitative estimate of drug-likeness (QED) is 0.520. The van der Waals surface area contributed by atoms with Crippen molar-refractivity contribution in [3.8, 4) is 0 Å². The van der Waals surface area contributed by atoms with Gasteiger partial charge < -0.3 is 20.6 Å². The molecule has 4 heterocycles. The van der Waals surface area contributed by atoms with Gasteiger partial charge in [0.25, 0.3) is 5.92 Å². The highest BCUT2D eigenvalue weighted by Gasteiger charge is 2.44. The summed E-state index contributed by atoms with van der Waals surface area (Å²) in [7, 11) is 0. The predicted molar refractivity (Wildman–Crippen MR) is 114 cm³/mol. The fourth-order valence-corrected chi connectivity index (χ4v) is 4.68. The summed E-state index contributed by atoms with van der Waals surface area (Å²) < 4.78 is 45.7. The SMILES string of the molecule is C[C@@H]1Cc2nn3c(c2CN1C(=O)Nc1ccnc(Br)c1F)C(F)(F)CCC(CNC(=O)O)C3. The van der Waals surface area contributed by atoms with Crippen LogP contribution in [0.15, 0.2) is 16.9 Å². The second kappa shape index (κ2) is 8.84. The zero-order valence-electron chi connectivity index (χ0n) is 17.6. The molecule has 2 aromatic heterocycles. The molecule has 0 radical (unpaired) electrons. The molecule has 0 aliphatic carbocycles. The van der Waals surface area contributed by atoms with Crippen LogP contribution in [0.2, 0.25) is 0 Å². The molecule has 0 aromatic carbocycles. The molecule has 2 atom stereocenters. The number of fused-ring (bicyclic) bond motifs is 3. The number of carbonyl (C=O) groups is 2. The zero-order valence-corrected chi connectivity index (χ0v) is 19.2. The first-order valence-corrected chi connectivity index (χ1v) is 11.2. The minimum absolute atomic E-state index is 0.0490. The highest BCUT2D eigenvalue weighted by Crippen LogP contribution is 2.42. The van der Waals surface area contributed by atoms with Crippen LogP contribution >= 0.6 is 15.9 Å². The number of hydrogen-bond acceptors (Lipinski definition) is 4. The van der Waals surface area contributed by atoms with Crippen molar-refractivity contribution in [3.05, 3.63) is 39.6 Å². The Morgan fingerprint density at radius 2 is 2.15 bits per heavy atom. The molecule has 2 aromatic rings. The van der Waals surface area contributed by atoms with Crippen molar-refractivity contribution in [1.29, 1.82) is 0 Å². The second-order valence-corrected chi connectivity index (χ2v) is 9.08. The normalized spacial score (nSPS) is 21.5.